The fraction of sp³-hybridized carbons (Fsp3) is 0.111. The Kier molecular flexibility index (Phi) is 5.05. The Labute approximate surface area is 137 Å². The molecule has 6 heteroatoms. The first kappa shape index (κ1) is 17.3. The van der Waals surface area contributed by atoms with Crippen LogP contribution >= 0.6 is 0 Å². The van der Waals surface area contributed by atoms with Crippen LogP contribution in [0.1, 0.15) is 16.7 Å². The number of halogens is 3. The van der Waals surface area contributed by atoms with Crippen molar-refractivity contribution in [1.82, 2.24) is 0 Å². The zero-order valence-corrected chi connectivity index (χ0v) is 12.7. The summed E-state index contributed by atoms with van der Waals surface area (Å²) < 4.78 is 37.6. The molecule has 0 aliphatic carbocycles. The molecule has 0 saturated carbocycles. The molecular weight excluding hydrogens is 317 g/mol. The van der Waals surface area contributed by atoms with Gasteiger partial charge in [0.1, 0.15) is 11.6 Å². The highest BCUT2D eigenvalue weighted by atomic mass is 19.4. The molecule has 2 aromatic carbocycles. The van der Waals surface area contributed by atoms with Gasteiger partial charge in [-0.15, -0.1) is 0 Å². The second-order valence-electron chi connectivity index (χ2n) is 5.06. The van der Waals surface area contributed by atoms with E-state index in [0.717, 1.165) is 17.7 Å². The van der Waals surface area contributed by atoms with Gasteiger partial charge < -0.3 is 5.32 Å². The van der Waals surface area contributed by atoms with Gasteiger partial charge in [0, 0.05) is 5.69 Å². The molecule has 24 heavy (non-hydrogen) atoms. The van der Waals surface area contributed by atoms with Crippen molar-refractivity contribution in [1.29, 1.82) is 5.26 Å². The van der Waals surface area contributed by atoms with Crippen LogP contribution in [0.2, 0.25) is 0 Å². The Balaban J connectivity index is 2.21. The van der Waals surface area contributed by atoms with Crippen molar-refractivity contribution >= 4 is 17.7 Å². The maximum absolute atomic E-state index is 12.5. The number of para-hydroxylation sites is 1. The van der Waals surface area contributed by atoms with Crippen molar-refractivity contribution in [2.24, 2.45) is 0 Å². The van der Waals surface area contributed by atoms with Gasteiger partial charge in [-0.25, -0.2) is 0 Å². The van der Waals surface area contributed by atoms with Crippen molar-refractivity contribution < 1.29 is 18.0 Å². The van der Waals surface area contributed by atoms with Crippen LogP contribution in [-0.2, 0) is 11.0 Å². The Morgan fingerprint density at radius 1 is 1.12 bits per heavy atom. The summed E-state index contributed by atoms with van der Waals surface area (Å²) in [5.41, 5.74) is 0.744. The summed E-state index contributed by atoms with van der Waals surface area (Å²) in [6.07, 6.45) is -3.18. The lowest BCUT2D eigenvalue weighted by molar-refractivity contribution is -0.137. The molecule has 2 aromatic rings. The average Bonchev–Trinajstić information content (AvgIpc) is 2.54. The highest BCUT2D eigenvalue weighted by Crippen LogP contribution is 2.29. The number of nitriles is 1. The van der Waals surface area contributed by atoms with Crippen molar-refractivity contribution in [2.75, 3.05) is 5.32 Å². The molecule has 0 fully saturated rings. The van der Waals surface area contributed by atoms with Crippen molar-refractivity contribution in [2.45, 2.75) is 13.1 Å². The van der Waals surface area contributed by atoms with Gasteiger partial charge in [0.25, 0.3) is 5.91 Å². The standard InChI is InChI=1S/C18H13F3N2O/c1-12-4-2-3-5-16(12)23-17(24)14(11-22)10-13-6-8-15(9-7-13)18(19,20)21/h2-10H,1H3,(H,23,24)/b14-10-. The molecule has 0 radical (unpaired) electrons. The third kappa shape index (κ3) is 4.23. The number of amides is 1. The zero-order valence-electron chi connectivity index (χ0n) is 12.7. The van der Waals surface area contributed by atoms with Gasteiger partial charge in [0.15, 0.2) is 0 Å². The molecular formula is C18H13F3N2O. The maximum atomic E-state index is 12.5. The number of carbonyl (C=O) groups is 1. The van der Waals surface area contributed by atoms with E-state index in [4.69, 9.17) is 5.26 Å². The van der Waals surface area contributed by atoms with E-state index in [2.05, 4.69) is 5.32 Å². The Morgan fingerprint density at radius 2 is 1.75 bits per heavy atom. The SMILES string of the molecule is Cc1ccccc1NC(=O)/C(C#N)=C\c1ccc(C(F)(F)F)cc1. The average molecular weight is 330 g/mol. The summed E-state index contributed by atoms with van der Waals surface area (Å²) in [6.45, 7) is 1.81. The molecule has 1 N–H and O–H groups in total. The molecule has 0 unspecified atom stereocenters. The molecule has 0 heterocycles. The number of benzene rings is 2. The van der Waals surface area contributed by atoms with E-state index >= 15 is 0 Å². The van der Waals surface area contributed by atoms with E-state index in [9.17, 15) is 18.0 Å². The number of nitrogens with one attached hydrogen (secondary N) is 1. The number of rotatable bonds is 3. The molecule has 3 nitrogen and oxygen atoms in total. The van der Waals surface area contributed by atoms with E-state index in [0.29, 0.717) is 11.3 Å². The van der Waals surface area contributed by atoms with Crippen LogP contribution in [0.3, 0.4) is 0 Å². The molecule has 2 rings (SSSR count). The Bertz CT molecular complexity index is 815. The summed E-state index contributed by atoms with van der Waals surface area (Å²) in [5.74, 6) is -0.619. The van der Waals surface area contributed by atoms with Crippen LogP contribution in [0.15, 0.2) is 54.1 Å². The minimum Gasteiger partial charge on any atom is -0.321 e. The van der Waals surface area contributed by atoms with Gasteiger partial charge in [0.05, 0.1) is 5.56 Å². The normalized spacial score (nSPS) is 11.7. The van der Waals surface area contributed by atoms with Gasteiger partial charge in [-0.3, -0.25) is 4.79 Å². The first-order chi connectivity index (χ1) is 11.3. The minimum absolute atomic E-state index is 0.196. The van der Waals surface area contributed by atoms with Gasteiger partial charge in [0.2, 0.25) is 0 Å². The maximum Gasteiger partial charge on any atom is 0.416 e. The predicted octanol–water partition coefficient (Wildman–Crippen LogP) is 4.56. The lowest BCUT2D eigenvalue weighted by Gasteiger charge is -2.08. The van der Waals surface area contributed by atoms with Gasteiger partial charge >= 0.3 is 6.18 Å². The van der Waals surface area contributed by atoms with E-state index < -0.39 is 17.6 Å². The van der Waals surface area contributed by atoms with Crippen LogP contribution in [-0.4, -0.2) is 5.91 Å². The summed E-state index contributed by atoms with van der Waals surface area (Å²) in [6, 6.07) is 13.0. The summed E-state index contributed by atoms with van der Waals surface area (Å²) >= 11 is 0. The topological polar surface area (TPSA) is 52.9 Å². The minimum atomic E-state index is -4.43. The van der Waals surface area contributed by atoms with Crippen molar-refractivity contribution in [3.8, 4) is 6.07 Å². The largest absolute Gasteiger partial charge is 0.416 e. The molecule has 0 saturated heterocycles. The summed E-state index contributed by atoms with van der Waals surface area (Å²) in [7, 11) is 0. The first-order valence-corrected chi connectivity index (χ1v) is 6.97. The molecule has 0 aromatic heterocycles. The Morgan fingerprint density at radius 3 is 2.29 bits per heavy atom. The number of hydrogen-bond acceptors (Lipinski definition) is 2. The summed E-state index contributed by atoms with van der Waals surface area (Å²) in [4.78, 5) is 12.1. The number of anilines is 1. The number of carbonyl (C=O) groups excluding carboxylic acids is 1. The third-order valence-electron chi connectivity index (χ3n) is 3.31. The number of alkyl halides is 3. The second kappa shape index (κ2) is 7.01. The molecule has 0 bridgehead atoms. The van der Waals surface area contributed by atoms with E-state index in [-0.39, 0.29) is 5.57 Å². The third-order valence-corrected chi connectivity index (χ3v) is 3.31. The molecule has 0 atom stereocenters. The van der Waals surface area contributed by atoms with E-state index in [1.165, 1.54) is 18.2 Å². The van der Waals surface area contributed by atoms with E-state index in [1.807, 2.05) is 6.07 Å². The van der Waals surface area contributed by atoms with Crippen molar-refractivity contribution in [3.63, 3.8) is 0 Å². The summed E-state index contributed by atoms with van der Waals surface area (Å²) in [5, 5.41) is 11.7. The number of aryl methyl sites for hydroxylation is 1. The van der Waals surface area contributed by atoms with E-state index in [1.54, 1.807) is 31.2 Å². The lowest BCUT2D eigenvalue weighted by Crippen LogP contribution is -2.14. The quantitative estimate of drug-likeness (QED) is 0.662. The second-order valence-corrected chi connectivity index (χ2v) is 5.06. The molecule has 0 spiro atoms. The lowest BCUT2D eigenvalue weighted by atomic mass is 10.1. The van der Waals surface area contributed by atoms with Gasteiger partial charge in [-0.2, -0.15) is 18.4 Å². The smallest absolute Gasteiger partial charge is 0.321 e. The highest BCUT2D eigenvalue weighted by molar-refractivity contribution is 6.09. The van der Waals surface area contributed by atoms with Crippen LogP contribution in [0, 0.1) is 18.3 Å². The van der Waals surface area contributed by atoms with Crippen LogP contribution in [0.25, 0.3) is 6.08 Å². The monoisotopic (exact) mass is 330 g/mol. The molecule has 1 amide bonds. The fourth-order valence-electron chi connectivity index (χ4n) is 1.99. The molecule has 0 aliphatic heterocycles. The number of nitrogens with zero attached hydrogens (tertiary/aromatic N) is 1. The number of hydrogen-bond donors (Lipinski definition) is 1. The van der Waals surface area contributed by atoms with Gasteiger partial charge in [-0.05, 0) is 42.3 Å². The van der Waals surface area contributed by atoms with Crippen molar-refractivity contribution in [3.05, 3.63) is 70.8 Å². The zero-order chi connectivity index (χ0) is 17.7. The molecule has 122 valence electrons. The van der Waals surface area contributed by atoms with Crippen LogP contribution in [0.4, 0.5) is 18.9 Å². The van der Waals surface area contributed by atoms with Crippen LogP contribution in [0.5, 0.6) is 0 Å². The fourth-order valence-corrected chi connectivity index (χ4v) is 1.99. The predicted molar refractivity (Wildman–Crippen MR) is 84.8 cm³/mol. The van der Waals surface area contributed by atoms with Crippen LogP contribution < -0.4 is 5.32 Å². The Hall–Kier alpha value is -3.07. The van der Waals surface area contributed by atoms with Gasteiger partial charge in [-0.1, -0.05) is 30.3 Å². The highest BCUT2D eigenvalue weighted by Gasteiger charge is 2.29. The first-order valence-electron chi connectivity index (χ1n) is 6.97. The molecule has 0 aliphatic rings.